The van der Waals surface area contributed by atoms with Crippen molar-refractivity contribution in [2.75, 3.05) is 5.75 Å². The molecule has 0 amide bonds. The fourth-order valence-electron chi connectivity index (χ4n) is 0.548. The van der Waals surface area contributed by atoms with Gasteiger partial charge in [0.2, 0.25) is 0 Å². The molecule has 1 heterocycles. The standard InChI is InChI=1S/C5H11BS/c1-5(2,6)4-3-7-4/h4H,3,6H2,1-2H3. The van der Waals surface area contributed by atoms with Gasteiger partial charge in [0, 0.05) is 11.0 Å². The maximum absolute atomic E-state index is 2.30. The number of thioether (sulfide) groups is 1. The zero-order chi connectivity index (χ0) is 5.49. The third-order valence-corrected chi connectivity index (χ3v) is 2.67. The molecule has 0 radical (unpaired) electrons. The Morgan fingerprint density at radius 2 is 2.14 bits per heavy atom. The molecule has 0 aliphatic carbocycles. The number of hydrogen-bond acceptors (Lipinski definition) is 1. The minimum atomic E-state index is 0.574. The van der Waals surface area contributed by atoms with Gasteiger partial charge in [0.25, 0.3) is 0 Å². The van der Waals surface area contributed by atoms with Crippen molar-refractivity contribution in [3.8, 4) is 0 Å². The van der Waals surface area contributed by atoms with Gasteiger partial charge in [-0.15, -0.1) is 0 Å². The van der Waals surface area contributed by atoms with Crippen LogP contribution in [0.1, 0.15) is 13.8 Å². The molecule has 0 aromatic rings. The number of hydrogen-bond donors (Lipinski definition) is 0. The van der Waals surface area contributed by atoms with Crippen molar-refractivity contribution >= 4 is 19.6 Å². The zero-order valence-electron chi connectivity index (χ0n) is 5.19. The Morgan fingerprint density at radius 1 is 1.71 bits per heavy atom. The molecular formula is C5H11BS. The van der Waals surface area contributed by atoms with E-state index in [0.717, 1.165) is 5.25 Å². The van der Waals surface area contributed by atoms with E-state index in [1.165, 1.54) is 5.75 Å². The van der Waals surface area contributed by atoms with Gasteiger partial charge in [0.05, 0.1) is 0 Å². The lowest BCUT2D eigenvalue weighted by molar-refractivity contribution is 0.710. The highest BCUT2D eigenvalue weighted by molar-refractivity contribution is 8.07. The molecule has 0 saturated carbocycles. The molecule has 0 aromatic carbocycles. The fraction of sp³-hybridized carbons (Fsp3) is 1.00. The highest BCUT2D eigenvalue weighted by atomic mass is 32.2. The summed E-state index contributed by atoms with van der Waals surface area (Å²) >= 11 is 2.08. The van der Waals surface area contributed by atoms with E-state index in [0.29, 0.717) is 5.31 Å². The van der Waals surface area contributed by atoms with Crippen LogP contribution in [0.2, 0.25) is 5.31 Å². The van der Waals surface area contributed by atoms with E-state index in [4.69, 9.17) is 0 Å². The molecule has 0 aromatic heterocycles. The van der Waals surface area contributed by atoms with Crippen molar-refractivity contribution in [2.24, 2.45) is 0 Å². The van der Waals surface area contributed by atoms with Gasteiger partial charge < -0.3 is 0 Å². The lowest BCUT2D eigenvalue weighted by Crippen LogP contribution is -2.08. The van der Waals surface area contributed by atoms with Crippen molar-refractivity contribution in [1.82, 2.24) is 0 Å². The largest absolute Gasteiger partial charge is 0.157 e. The van der Waals surface area contributed by atoms with Crippen LogP contribution in [0.4, 0.5) is 0 Å². The summed E-state index contributed by atoms with van der Waals surface area (Å²) in [6.45, 7) is 4.61. The Kier molecular flexibility index (Phi) is 1.14. The van der Waals surface area contributed by atoms with E-state index >= 15 is 0 Å². The van der Waals surface area contributed by atoms with Crippen LogP contribution in [-0.4, -0.2) is 18.8 Å². The van der Waals surface area contributed by atoms with Gasteiger partial charge in [-0.25, -0.2) is 0 Å². The molecule has 1 atom stereocenters. The Labute approximate surface area is 50.5 Å². The molecule has 1 saturated heterocycles. The van der Waals surface area contributed by atoms with E-state index in [1.54, 1.807) is 0 Å². The van der Waals surface area contributed by atoms with Crippen LogP contribution >= 0.6 is 11.8 Å². The summed E-state index contributed by atoms with van der Waals surface area (Å²) in [4.78, 5) is 0. The van der Waals surface area contributed by atoms with Crippen molar-refractivity contribution in [2.45, 2.75) is 24.4 Å². The van der Waals surface area contributed by atoms with Crippen molar-refractivity contribution < 1.29 is 0 Å². The van der Waals surface area contributed by atoms with Crippen LogP contribution in [0.3, 0.4) is 0 Å². The van der Waals surface area contributed by atoms with Crippen LogP contribution in [0.5, 0.6) is 0 Å². The average Bonchev–Trinajstić information content (AvgIpc) is 1.99. The molecule has 0 spiro atoms. The molecule has 1 fully saturated rings. The molecule has 2 heteroatoms. The minimum absolute atomic E-state index is 0.574. The Bertz CT molecular complexity index is 70.6. The van der Waals surface area contributed by atoms with Crippen molar-refractivity contribution in [3.05, 3.63) is 0 Å². The second-order valence-corrected chi connectivity index (χ2v) is 4.42. The minimum Gasteiger partial charge on any atom is -0.157 e. The zero-order valence-corrected chi connectivity index (χ0v) is 6.01. The summed E-state index contributed by atoms with van der Waals surface area (Å²) < 4.78 is 0. The second kappa shape index (κ2) is 1.44. The maximum atomic E-state index is 2.30. The third-order valence-electron chi connectivity index (χ3n) is 1.30. The summed E-state index contributed by atoms with van der Waals surface area (Å²) in [5.74, 6) is 1.39. The fourth-order valence-corrected chi connectivity index (χ4v) is 1.64. The predicted octanol–water partition coefficient (Wildman–Crippen LogP) is 0.933. The molecule has 0 N–H and O–H groups in total. The summed E-state index contributed by atoms with van der Waals surface area (Å²) in [6, 6.07) is 0. The Morgan fingerprint density at radius 3 is 2.14 bits per heavy atom. The van der Waals surface area contributed by atoms with Gasteiger partial charge in [-0.05, 0) is 0 Å². The van der Waals surface area contributed by atoms with Crippen LogP contribution in [0.15, 0.2) is 0 Å². The quantitative estimate of drug-likeness (QED) is 0.361. The molecule has 0 nitrogen and oxygen atoms in total. The summed E-state index contributed by atoms with van der Waals surface area (Å²) in [7, 11) is 2.30. The monoisotopic (exact) mass is 114 g/mol. The summed E-state index contributed by atoms with van der Waals surface area (Å²) in [6.07, 6.45) is 0. The molecule has 1 aliphatic heterocycles. The van der Waals surface area contributed by atoms with E-state index in [2.05, 4.69) is 33.5 Å². The normalized spacial score (nSPS) is 30.3. The lowest BCUT2D eigenvalue weighted by atomic mass is 9.71. The molecular weight excluding hydrogens is 103 g/mol. The molecule has 1 rings (SSSR count). The van der Waals surface area contributed by atoms with E-state index in [9.17, 15) is 0 Å². The SMILES string of the molecule is BC(C)(C)C1CS1. The smallest absolute Gasteiger partial charge is 0.110 e. The van der Waals surface area contributed by atoms with Crippen LogP contribution in [-0.2, 0) is 0 Å². The highest BCUT2D eigenvalue weighted by Crippen LogP contribution is 2.46. The van der Waals surface area contributed by atoms with Crippen LogP contribution in [0, 0.1) is 0 Å². The first-order valence-electron chi connectivity index (χ1n) is 2.72. The lowest BCUT2D eigenvalue weighted by Gasteiger charge is -2.13. The van der Waals surface area contributed by atoms with Gasteiger partial charge in [-0.1, -0.05) is 19.2 Å². The van der Waals surface area contributed by atoms with Crippen LogP contribution in [0.25, 0.3) is 0 Å². The van der Waals surface area contributed by atoms with Crippen molar-refractivity contribution in [3.63, 3.8) is 0 Å². The average molecular weight is 114 g/mol. The van der Waals surface area contributed by atoms with Gasteiger partial charge >= 0.3 is 0 Å². The first-order valence-corrected chi connectivity index (χ1v) is 3.77. The topological polar surface area (TPSA) is 0 Å². The van der Waals surface area contributed by atoms with Crippen LogP contribution < -0.4 is 0 Å². The first-order chi connectivity index (χ1) is 3.11. The van der Waals surface area contributed by atoms with Crippen molar-refractivity contribution in [1.29, 1.82) is 0 Å². The second-order valence-electron chi connectivity index (χ2n) is 3.19. The third kappa shape index (κ3) is 1.41. The van der Waals surface area contributed by atoms with Gasteiger partial charge in [-0.2, -0.15) is 11.8 Å². The van der Waals surface area contributed by atoms with E-state index in [-0.39, 0.29) is 0 Å². The van der Waals surface area contributed by atoms with E-state index in [1.807, 2.05) is 0 Å². The molecule has 7 heavy (non-hydrogen) atoms. The molecule has 1 aliphatic rings. The highest BCUT2D eigenvalue weighted by Gasteiger charge is 2.34. The number of rotatable bonds is 1. The summed E-state index contributed by atoms with van der Waals surface area (Å²) in [5.41, 5.74) is 0. The molecule has 0 bridgehead atoms. The Hall–Kier alpha value is 0.415. The first kappa shape index (κ1) is 5.55. The van der Waals surface area contributed by atoms with Gasteiger partial charge in [-0.3, -0.25) is 0 Å². The van der Waals surface area contributed by atoms with Gasteiger partial charge in [0.15, 0.2) is 0 Å². The summed E-state index contributed by atoms with van der Waals surface area (Å²) in [5, 5.41) is 1.54. The molecule has 1 unspecified atom stereocenters. The Balaban J connectivity index is 2.36. The molecule has 40 valence electrons. The van der Waals surface area contributed by atoms with Gasteiger partial charge in [0.1, 0.15) is 7.85 Å². The predicted molar refractivity (Wildman–Crippen MR) is 38.8 cm³/mol. The van der Waals surface area contributed by atoms with E-state index < -0.39 is 0 Å². The maximum Gasteiger partial charge on any atom is 0.110 e.